The number of nitrogens with one attached hydrogen (secondary N) is 1. The number of nitriles is 1. The van der Waals surface area contributed by atoms with Gasteiger partial charge in [-0.1, -0.05) is 6.42 Å². The van der Waals surface area contributed by atoms with Crippen molar-refractivity contribution in [2.75, 3.05) is 5.32 Å². The van der Waals surface area contributed by atoms with Gasteiger partial charge in [-0.05, 0) is 44.1 Å². The third-order valence-corrected chi connectivity index (χ3v) is 5.21. The van der Waals surface area contributed by atoms with Crippen molar-refractivity contribution in [3.05, 3.63) is 16.0 Å². The summed E-state index contributed by atoms with van der Waals surface area (Å²) in [4.78, 5) is 13.3. The van der Waals surface area contributed by atoms with Crippen molar-refractivity contribution in [2.24, 2.45) is 5.73 Å². The van der Waals surface area contributed by atoms with Gasteiger partial charge in [-0.25, -0.2) is 0 Å². The van der Waals surface area contributed by atoms with Gasteiger partial charge < -0.3 is 11.1 Å². The number of aryl methyl sites for hydroxylation is 1. The number of hydrogen-bond donors (Lipinski definition) is 2. The summed E-state index contributed by atoms with van der Waals surface area (Å²) in [6.07, 6.45) is 6.99. The highest BCUT2D eigenvalue weighted by molar-refractivity contribution is 7.16. The van der Waals surface area contributed by atoms with E-state index in [2.05, 4.69) is 11.4 Å². The van der Waals surface area contributed by atoms with E-state index >= 15 is 0 Å². The van der Waals surface area contributed by atoms with Crippen LogP contribution in [0.1, 0.15) is 48.1 Å². The van der Waals surface area contributed by atoms with E-state index in [1.807, 2.05) is 0 Å². The molecule has 3 N–H and O–H groups in total. The van der Waals surface area contributed by atoms with Gasteiger partial charge in [0.05, 0.1) is 11.1 Å². The summed E-state index contributed by atoms with van der Waals surface area (Å²) in [7, 11) is 0. The largest absolute Gasteiger partial charge is 0.317 e. The Morgan fingerprint density at radius 3 is 2.74 bits per heavy atom. The molecule has 1 saturated carbocycles. The lowest BCUT2D eigenvalue weighted by molar-refractivity contribution is -0.118. The number of carbonyl (C=O) groups excluding carboxylic acids is 1. The van der Waals surface area contributed by atoms with Crippen LogP contribution in [-0.4, -0.2) is 11.4 Å². The molecule has 19 heavy (non-hydrogen) atoms. The standard InChI is InChI=1S/C14H17N3OS/c15-8-10-9-4-2-1-3-5-11(9)19-12(10)17-13(18)14(16)6-7-14/h1-7,16H2,(H,17,18). The van der Waals surface area contributed by atoms with Crippen LogP contribution < -0.4 is 11.1 Å². The number of fused-ring (bicyclic) bond motifs is 1. The molecule has 0 unspecified atom stereocenters. The zero-order valence-electron chi connectivity index (χ0n) is 10.8. The molecule has 2 aliphatic rings. The Bertz CT molecular complexity index is 566. The number of anilines is 1. The van der Waals surface area contributed by atoms with Gasteiger partial charge in [-0.15, -0.1) is 11.3 Å². The number of hydrogen-bond acceptors (Lipinski definition) is 4. The average molecular weight is 275 g/mol. The van der Waals surface area contributed by atoms with Gasteiger partial charge >= 0.3 is 0 Å². The van der Waals surface area contributed by atoms with Crippen LogP contribution in [-0.2, 0) is 17.6 Å². The second-order valence-electron chi connectivity index (χ2n) is 5.49. The average Bonchev–Trinajstić information content (AvgIpc) is 3.11. The van der Waals surface area contributed by atoms with E-state index in [0.717, 1.165) is 37.7 Å². The van der Waals surface area contributed by atoms with Crippen molar-refractivity contribution in [1.29, 1.82) is 5.26 Å². The maximum atomic E-state index is 12.0. The van der Waals surface area contributed by atoms with Crippen LogP contribution in [0.5, 0.6) is 0 Å². The minimum absolute atomic E-state index is 0.139. The third-order valence-electron chi connectivity index (χ3n) is 4.00. The van der Waals surface area contributed by atoms with Crippen molar-refractivity contribution in [2.45, 2.75) is 50.5 Å². The Morgan fingerprint density at radius 2 is 2.05 bits per heavy atom. The topological polar surface area (TPSA) is 78.9 Å². The first kappa shape index (κ1) is 12.6. The van der Waals surface area contributed by atoms with E-state index in [-0.39, 0.29) is 5.91 Å². The smallest absolute Gasteiger partial charge is 0.245 e. The van der Waals surface area contributed by atoms with Crippen molar-refractivity contribution >= 4 is 22.2 Å². The number of nitrogens with zero attached hydrogens (tertiary/aromatic N) is 1. The number of amides is 1. The molecule has 1 amide bonds. The van der Waals surface area contributed by atoms with Crippen LogP contribution >= 0.6 is 11.3 Å². The Balaban J connectivity index is 1.89. The highest BCUT2D eigenvalue weighted by Crippen LogP contribution is 2.39. The van der Waals surface area contributed by atoms with Gasteiger partial charge in [0.1, 0.15) is 11.1 Å². The van der Waals surface area contributed by atoms with Gasteiger partial charge in [0.25, 0.3) is 0 Å². The Hall–Kier alpha value is -1.38. The lowest BCUT2D eigenvalue weighted by Gasteiger charge is -2.08. The number of carbonyl (C=O) groups is 1. The molecule has 1 aromatic rings. The molecule has 0 aromatic carbocycles. The van der Waals surface area contributed by atoms with E-state index in [0.29, 0.717) is 10.6 Å². The number of thiophene rings is 1. The molecule has 100 valence electrons. The maximum Gasteiger partial charge on any atom is 0.245 e. The van der Waals surface area contributed by atoms with Crippen molar-refractivity contribution in [3.8, 4) is 6.07 Å². The molecule has 4 nitrogen and oxygen atoms in total. The normalized spacial score (nSPS) is 20.0. The van der Waals surface area contributed by atoms with Crippen LogP contribution in [0, 0.1) is 11.3 Å². The fourth-order valence-electron chi connectivity index (χ4n) is 2.54. The van der Waals surface area contributed by atoms with E-state index in [4.69, 9.17) is 5.73 Å². The SMILES string of the molecule is N#Cc1c(NC(=O)C2(N)CC2)sc2c1CCCCC2. The summed E-state index contributed by atoms with van der Waals surface area (Å²) in [5.74, 6) is -0.139. The zero-order chi connectivity index (χ0) is 13.5. The molecule has 0 saturated heterocycles. The molecular weight excluding hydrogens is 258 g/mol. The highest BCUT2D eigenvalue weighted by atomic mass is 32.1. The highest BCUT2D eigenvalue weighted by Gasteiger charge is 2.46. The van der Waals surface area contributed by atoms with E-state index in [1.165, 1.54) is 17.7 Å². The Morgan fingerprint density at radius 1 is 1.32 bits per heavy atom. The van der Waals surface area contributed by atoms with Crippen LogP contribution in [0.3, 0.4) is 0 Å². The van der Waals surface area contributed by atoms with Crippen LogP contribution in [0.2, 0.25) is 0 Å². The van der Waals surface area contributed by atoms with Crippen molar-refractivity contribution in [1.82, 2.24) is 0 Å². The van der Waals surface area contributed by atoms with Gasteiger partial charge in [-0.3, -0.25) is 4.79 Å². The predicted molar refractivity (Wildman–Crippen MR) is 75.1 cm³/mol. The Labute approximate surface area is 116 Å². The minimum atomic E-state index is -0.686. The van der Waals surface area contributed by atoms with E-state index in [1.54, 1.807) is 11.3 Å². The zero-order valence-corrected chi connectivity index (χ0v) is 11.6. The minimum Gasteiger partial charge on any atom is -0.317 e. The molecule has 0 bridgehead atoms. The second kappa shape index (κ2) is 4.62. The first-order valence-corrected chi connectivity index (χ1v) is 7.61. The fourth-order valence-corrected chi connectivity index (χ4v) is 3.77. The summed E-state index contributed by atoms with van der Waals surface area (Å²) in [5, 5.41) is 12.9. The van der Waals surface area contributed by atoms with Gasteiger partial charge in [0.15, 0.2) is 0 Å². The molecule has 0 atom stereocenters. The van der Waals surface area contributed by atoms with Crippen LogP contribution in [0.4, 0.5) is 5.00 Å². The molecule has 1 aromatic heterocycles. The molecule has 5 heteroatoms. The monoisotopic (exact) mass is 275 g/mol. The predicted octanol–water partition coefficient (Wildman–Crippen LogP) is 2.32. The first-order chi connectivity index (χ1) is 9.14. The lowest BCUT2D eigenvalue weighted by Crippen LogP contribution is -2.37. The molecular formula is C14H17N3OS. The molecule has 1 heterocycles. The van der Waals surface area contributed by atoms with E-state index in [9.17, 15) is 10.1 Å². The van der Waals surface area contributed by atoms with Crippen LogP contribution in [0.25, 0.3) is 0 Å². The third kappa shape index (κ3) is 2.26. The summed E-state index contributed by atoms with van der Waals surface area (Å²) in [6.45, 7) is 0. The van der Waals surface area contributed by atoms with Crippen LogP contribution in [0.15, 0.2) is 0 Å². The molecule has 1 fully saturated rings. The summed E-state index contributed by atoms with van der Waals surface area (Å²) >= 11 is 1.56. The molecule has 0 aliphatic heterocycles. The second-order valence-corrected chi connectivity index (χ2v) is 6.60. The summed E-state index contributed by atoms with van der Waals surface area (Å²) in [5.41, 5.74) is 7.02. The van der Waals surface area contributed by atoms with Crippen molar-refractivity contribution in [3.63, 3.8) is 0 Å². The number of nitrogens with two attached hydrogens (primary N) is 1. The van der Waals surface area contributed by atoms with E-state index < -0.39 is 5.54 Å². The molecule has 2 aliphatic carbocycles. The number of rotatable bonds is 2. The molecule has 3 rings (SSSR count). The quantitative estimate of drug-likeness (QED) is 0.813. The summed E-state index contributed by atoms with van der Waals surface area (Å²) < 4.78 is 0. The summed E-state index contributed by atoms with van der Waals surface area (Å²) in [6, 6.07) is 2.26. The van der Waals surface area contributed by atoms with Gasteiger partial charge in [-0.2, -0.15) is 5.26 Å². The van der Waals surface area contributed by atoms with Crippen molar-refractivity contribution < 1.29 is 4.79 Å². The molecule has 0 radical (unpaired) electrons. The van der Waals surface area contributed by atoms with Gasteiger partial charge in [0.2, 0.25) is 5.91 Å². The maximum absolute atomic E-state index is 12.0. The fraction of sp³-hybridized carbons (Fsp3) is 0.571. The lowest BCUT2D eigenvalue weighted by atomic mass is 10.1. The Kier molecular flexibility index (Phi) is 3.08. The first-order valence-electron chi connectivity index (χ1n) is 6.79. The molecule has 0 spiro atoms. The van der Waals surface area contributed by atoms with Gasteiger partial charge in [0, 0.05) is 4.88 Å².